The lowest BCUT2D eigenvalue weighted by molar-refractivity contribution is 0.467. The van der Waals surface area contributed by atoms with Crippen molar-refractivity contribution in [3.05, 3.63) is 24.0 Å². The van der Waals surface area contributed by atoms with Crippen molar-refractivity contribution in [2.24, 2.45) is 0 Å². The van der Waals surface area contributed by atoms with Crippen LogP contribution in [0.15, 0.2) is 18.3 Å². The van der Waals surface area contributed by atoms with Gasteiger partial charge in [-0.05, 0) is 12.1 Å². The number of pyridine rings is 1. The van der Waals surface area contributed by atoms with E-state index < -0.39 is 0 Å². The van der Waals surface area contributed by atoms with Gasteiger partial charge in [-0.15, -0.1) is 0 Å². The van der Waals surface area contributed by atoms with Crippen LogP contribution in [0.3, 0.4) is 0 Å². The first-order valence-corrected chi connectivity index (χ1v) is 3.65. The molecule has 0 saturated heterocycles. The van der Waals surface area contributed by atoms with Crippen molar-refractivity contribution in [1.29, 1.82) is 0 Å². The zero-order valence-electron chi connectivity index (χ0n) is 4.71. The van der Waals surface area contributed by atoms with Gasteiger partial charge in [-0.2, -0.15) is 0 Å². The topological polar surface area (TPSA) is 33.1 Å². The molecule has 1 rings (SSSR count). The Morgan fingerprint density at radius 2 is 2.44 bits per heavy atom. The van der Waals surface area contributed by atoms with E-state index >= 15 is 0 Å². The largest absolute Gasteiger partial charge is 0.506 e. The first-order chi connectivity index (χ1) is 4.34. The van der Waals surface area contributed by atoms with Crippen LogP contribution in [0, 0.1) is 0 Å². The average molecular weight is 188 g/mol. The number of halogens is 1. The summed E-state index contributed by atoms with van der Waals surface area (Å²) in [7, 11) is 0. The lowest BCUT2D eigenvalue weighted by Crippen LogP contribution is -1.82. The molecule has 9 heavy (non-hydrogen) atoms. The van der Waals surface area contributed by atoms with Crippen molar-refractivity contribution in [2.75, 3.05) is 0 Å². The number of aromatic hydroxyl groups is 1. The van der Waals surface area contributed by atoms with Crippen LogP contribution in [0.1, 0.15) is 5.69 Å². The number of aromatic nitrogens is 1. The smallest absolute Gasteiger partial charge is 0.137 e. The van der Waals surface area contributed by atoms with Crippen molar-refractivity contribution >= 4 is 15.9 Å². The molecule has 1 aromatic rings. The maximum Gasteiger partial charge on any atom is 0.137 e. The van der Waals surface area contributed by atoms with Gasteiger partial charge in [0.2, 0.25) is 0 Å². The maximum atomic E-state index is 9.02. The normalized spacial score (nSPS) is 9.44. The third-order valence-corrected chi connectivity index (χ3v) is 1.52. The Kier molecular flexibility index (Phi) is 2.05. The van der Waals surface area contributed by atoms with Crippen LogP contribution in [0.4, 0.5) is 0 Å². The molecule has 0 saturated carbocycles. The second kappa shape index (κ2) is 2.82. The van der Waals surface area contributed by atoms with E-state index in [0.29, 0.717) is 11.0 Å². The van der Waals surface area contributed by atoms with Crippen molar-refractivity contribution < 1.29 is 5.11 Å². The predicted octanol–water partition coefficient (Wildman–Crippen LogP) is 1.68. The van der Waals surface area contributed by atoms with Gasteiger partial charge < -0.3 is 5.11 Å². The van der Waals surface area contributed by atoms with E-state index in [0.717, 1.165) is 0 Å². The monoisotopic (exact) mass is 187 g/mol. The van der Waals surface area contributed by atoms with Crippen LogP contribution in [0.5, 0.6) is 5.75 Å². The van der Waals surface area contributed by atoms with Crippen LogP contribution in [-0.2, 0) is 5.33 Å². The quantitative estimate of drug-likeness (QED) is 0.680. The molecule has 0 aromatic carbocycles. The van der Waals surface area contributed by atoms with Crippen LogP contribution >= 0.6 is 15.9 Å². The second-order valence-corrected chi connectivity index (χ2v) is 2.16. The third kappa shape index (κ3) is 1.42. The Balaban J connectivity index is 3.01. The number of alkyl halides is 1. The van der Waals surface area contributed by atoms with Gasteiger partial charge in [-0.1, -0.05) is 15.9 Å². The molecule has 0 bridgehead atoms. The summed E-state index contributed by atoms with van der Waals surface area (Å²) in [5.74, 6) is 0.245. The first kappa shape index (κ1) is 6.55. The van der Waals surface area contributed by atoms with E-state index in [1.54, 1.807) is 18.3 Å². The number of hydrogen-bond acceptors (Lipinski definition) is 2. The number of hydrogen-bond donors (Lipinski definition) is 1. The summed E-state index contributed by atoms with van der Waals surface area (Å²) in [6, 6.07) is 3.31. The molecule has 1 heterocycles. The molecule has 0 atom stereocenters. The number of rotatable bonds is 1. The molecule has 0 amide bonds. The van der Waals surface area contributed by atoms with Gasteiger partial charge in [0, 0.05) is 11.5 Å². The molecule has 0 radical (unpaired) electrons. The van der Waals surface area contributed by atoms with Crippen LogP contribution < -0.4 is 0 Å². The molecule has 48 valence electrons. The molecule has 0 aliphatic rings. The minimum absolute atomic E-state index is 0.245. The van der Waals surface area contributed by atoms with Gasteiger partial charge in [0.25, 0.3) is 0 Å². The lowest BCUT2D eigenvalue weighted by atomic mass is 10.3. The fraction of sp³-hybridized carbons (Fsp3) is 0.167. The lowest BCUT2D eigenvalue weighted by Gasteiger charge is -1.94. The standard InChI is InChI=1S/C6H6BrNO/c7-4-5-6(9)2-1-3-8-5/h1-3,9H,4H2. The van der Waals surface area contributed by atoms with E-state index in [4.69, 9.17) is 5.11 Å². The van der Waals surface area contributed by atoms with E-state index in [1.165, 1.54) is 0 Å². The summed E-state index contributed by atoms with van der Waals surface area (Å²) >= 11 is 3.19. The first-order valence-electron chi connectivity index (χ1n) is 2.53. The molecule has 0 fully saturated rings. The summed E-state index contributed by atoms with van der Waals surface area (Å²) in [6.45, 7) is 0. The summed E-state index contributed by atoms with van der Waals surface area (Å²) < 4.78 is 0. The highest BCUT2D eigenvalue weighted by Gasteiger charge is 1.95. The Hall–Kier alpha value is -0.570. The summed E-state index contributed by atoms with van der Waals surface area (Å²) in [4.78, 5) is 3.90. The SMILES string of the molecule is Oc1cccnc1CBr. The van der Waals surface area contributed by atoms with Gasteiger partial charge in [-0.25, -0.2) is 0 Å². The zero-order valence-corrected chi connectivity index (χ0v) is 6.30. The number of nitrogens with zero attached hydrogens (tertiary/aromatic N) is 1. The van der Waals surface area contributed by atoms with Crippen molar-refractivity contribution in [3.63, 3.8) is 0 Å². The van der Waals surface area contributed by atoms with Gasteiger partial charge in [0.15, 0.2) is 0 Å². The Labute approximate surface area is 61.7 Å². The Morgan fingerprint density at radius 1 is 1.67 bits per heavy atom. The highest BCUT2D eigenvalue weighted by atomic mass is 79.9. The summed E-state index contributed by atoms with van der Waals surface area (Å²) in [6.07, 6.45) is 1.65. The molecule has 0 unspecified atom stereocenters. The molecule has 0 spiro atoms. The molecule has 1 N–H and O–H groups in total. The molecular weight excluding hydrogens is 182 g/mol. The third-order valence-electron chi connectivity index (χ3n) is 0.993. The van der Waals surface area contributed by atoms with Crippen molar-refractivity contribution in [1.82, 2.24) is 4.98 Å². The minimum atomic E-state index is 0.245. The predicted molar refractivity (Wildman–Crippen MR) is 38.5 cm³/mol. The van der Waals surface area contributed by atoms with Crippen molar-refractivity contribution in [3.8, 4) is 5.75 Å². The Morgan fingerprint density at radius 3 is 2.89 bits per heavy atom. The fourth-order valence-corrected chi connectivity index (χ4v) is 0.965. The van der Waals surface area contributed by atoms with Gasteiger partial charge in [-0.3, -0.25) is 4.98 Å². The van der Waals surface area contributed by atoms with Gasteiger partial charge >= 0.3 is 0 Å². The second-order valence-electron chi connectivity index (χ2n) is 1.60. The molecular formula is C6H6BrNO. The minimum Gasteiger partial charge on any atom is -0.506 e. The average Bonchev–Trinajstić information content (AvgIpc) is 1.89. The summed E-state index contributed by atoms with van der Waals surface area (Å²) in [5.41, 5.74) is 0.678. The van der Waals surface area contributed by atoms with E-state index in [2.05, 4.69) is 20.9 Å². The van der Waals surface area contributed by atoms with E-state index in [1.807, 2.05) is 0 Å². The fourth-order valence-electron chi connectivity index (χ4n) is 0.532. The Bertz CT molecular complexity index is 202. The molecule has 2 nitrogen and oxygen atoms in total. The maximum absolute atomic E-state index is 9.02. The van der Waals surface area contributed by atoms with Crippen LogP contribution in [-0.4, -0.2) is 10.1 Å². The van der Waals surface area contributed by atoms with E-state index in [-0.39, 0.29) is 5.75 Å². The molecule has 3 heteroatoms. The zero-order chi connectivity index (χ0) is 6.69. The van der Waals surface area contributed by atoms with Gasteiger partial charge in [0.05, 0.1) is 5.69 Å². The highest BCUT2D eigenvalue weighted by Crippen LogP contribution is 2.14. The van der Waals surface area contributed by atoms with Gasteiger partial charge in [0.1, 0.15) is 5.75 Å². The summed E-state index contributed by atoms with van der Waals surface area (Å²) in [5, 5.41) is 9.61. The van der Waals surface area contributed by atoms with Crippen molar-refractivity contribution in [2.45, 2.75) is 5.33 Å². The molecule has 1 aromatic heterocycles. The van der Waals surface area contributed by atoms with Crippen LogP contribution in [0.2, 0.25) is 0 Å². The highest BCUT2D eigenvalue weighted by molar-refractivity contribution is 9.08. The molecule has 0 aliphatic carbocycles. The van der Waals surface area contributed by atoms with E-state index in [9.17, 15) is 0 Å². The van der Waals surface area contributed by atoms with Crippen LogP contribution in [0.25, 0.3) is 0 Å². The molecule has 0 aliphatic heterocycles.